The number of aromatic nitrogens is 8. The molecular weight excluding hydrogens is 812 g/mol. The van der Waals surface area contributed by atoms with E-state index >= 15 is 0 Å². The van der Waals surface area contributed by atoms with Gasteiger partial charge in [0, 0.05) is 23.9 Å². The van der Waals surface area contributed by atoms with Crippen molar-refractivity contribution in [1.29, 1.82) is 0 Å². The highest BCUT2D eigenvalue weighted by Gasteiger charge is 2.74. The van der Waals surface area contributed by atoms with E-state index in [4.69, 9.17) is 42.6 Å². The molecule has 4 aromatic rings. The van der Waals surface area contributed by atoms with Crippen LogP contribution in [0, 0.1) is 23.7 Å². The third-order valence-electron chi connectivity index (χ3n) is 10.6. The van der Waals surface area contributed by atoms with Gasteiger partial charge in [-0.3, -0.25) is 36.8 Å². The van der Waals surface area contributed by atoms with Crippen LogP contribution < -0.4 is 11.3 Å². The number of H-pyrrole nitrogens is 1. The fraction of sp³-hybridized carbons (Fsp3) is 0.656. The first-order valence-corrected chi connectivity index (χ1v) is 22.7. The summed E-state index contributed by atoms with van der Waals surface area (Å²) < 4.78 is 81.2. The minimum absolute atomic E-state index is 0.00782. The summed E-state index contributed by atoms with van der Waals surface area (Å²) in [7, 11) is -3.16. The van der Waals surface area contributed by atoms with E-state index in [1.165, 1.54) is 30.7 Å². The third kappa shape index (κ3) is 7.13. The number of fused-ring (bicyclic) bond motifs is 4. The lowest BCUT2D eigenvalue weighted by atomic mass is 9.98. The van der Waals surface area contributed by atoms with Crippen molar-refractivity contribution < 1.29 is 55.9 Å². The first kappa shape index (κ1) is 40.4. The fourth-order valence-electron chi connectivity index (χ4n) is 7.81. The van der Waals surface area contributed by atoms with Crippen molar-refractivity contribution in [3.05, 3.63) is 35.2 Å². The van der Waals surface area contributed by atoms with Crippen LogP contribution in [-0.2, 0) is 50.8 Å². The molecule has 4 fully saturated rings. The fourth-order valence-corrected chi connectivity index (χ4v) is 12.1. The van der Waals surface area contributed by atoms with Gasteiger partial charge in [-0.2, -0.15) is 0 Å². The van der Waals surface area contributed by atoms with E-state index in [9.17, 15) is 23.8 Å². The van der Waals surface area contributed by atoms with E-state index in [0.29, 0.717) is 34.8 Å². The minimum atomic E-state index is -4.53. The number of aryl methyl sites for hydroxylation is 1. The standard InChI is InChI=1S/C32H43N9O13P2S/c1-7-49-55(45)51-10-32-8-16(32)20(40-12-36-18-25(33)34-11-35-26(18)40)21(42)24(32)54-56(46,57-14-48-30(44)31(3,4)5)50-9-17-22(47-6)23(53-55)29(52-17)41-13-37-19-27(41)38-15(2)39-28(19)43/h11-13,16-17,20-24,29,42H,7-10,14H2,1-6H3,(H2,33,34,35)(H,38,39,43)/t16-,17-,20-,21+,22-,23-,24+,29-,32-,55-,56+/m1/s1. The molecule has 4 aromatic heterocycles. The number of aliphatic hydroxyl groups excluding tert-OH is 1. The van der Waals surface area contributed by atoms with Gasteiger partial charge in [-0.05, 0) is 47.0 Å². The van der Waals surface area contributed by atoms with Gasteiger partial charge in [0.15, 0.2) is 28.9 Å². The molecule has 25 heteroatoms. The van der Waals surface area contributed by atoms with Crippen LogP contribution in [0.15, 0.2) is 23.8 Å². The Morgan fingerprint density at radius 2 is 1.88 bits per heavy atom. The second kappa shape index (κ2) is 14.7. The topological polar surface area (TPSA) is 278 Å². The van der Waals surface area contributed by atoms with Gasteiger partial charge in [0.1, 0.15) is 54.1 Å². The Kier molecular flexibility index (Phi) is 10.5. The largest absolute Gasteiger partial charge is 0.475 e. The molecule has 310 valence electrons. The maximum absolute atomic E-state index is 15.0. The Bertz CT molecular complexity index is 2350. The first-order valence-electron chi connectivity index (χ1n) is 18.1. The summed E-state index contributed by atoms with van der Waals surface area (Å²) in [5.74, 6) is -0.976. The number of aromatic amines is 1. The van der Waals surface area contributed by atoms with Gasteiger partial charge in [0.25, 0.3) is 5.56 Å². The smallest absolute Gasteiger partial charge is 0.454 e. The first-order chi connectivity index (χ1) is 27.0. The predicted octanol–water partition coefficient (Wildman–Crippen LogP) is 3.03. The number of anilines is 1. The second-order valence-corrected chi connectivity index (χ2v) is 20.9. The van der Waals surface area contributed by atoms with Gasteiger partial charge in [-0.25, -0.2) is 34.0 Å². The average Bonchev–Trinajstić information content (AvgIpc) is 3.44. The maximum Gasteiger partial charge on any atom is 0.475 e. The van der Waals surface area contributed by atoms with E-state index in [1.807, 2.05) is 0 Å². The number of imidazole rings is 2. The number of methoxy groups -OCH3 is 1. The highest BCUT2D eigenvalue weighted by Crippen LogP contribution is 2.74. The maximum atomic E-state index is 15.0. The van der Waals surface area contributed by atoms with E-state index in [2.05, 4.69) is 29.9 Å². The highest BCUT2D eigenvalue weighted by molar-refractivity contribution is 8.55. The molecule has 0 aromatic carbocycles. The molecule has 2 aliphatic heterocycles. The molecule has 1 spiro atoms. The number of aliphatic hydroxyl groups is 1. The summed E-state index contributed by atoms with van der Waals surface area (Å²) in [5, 5.41) is 12.1. The molecule has 57 heavy (non-hydrogen) atoms. The number of hydrogen-bond donors (Lipinski definition) is 3. The van der Waals surface area contributed by atoms with E-state index in [-0.39, 0.29) is 30.2 Å². The lowest BCUT2D eigenvalue weighted by Crippen LogP contribution is -2.38. The van der Waals surface area contributed by atoms with Gasteiger partial charge in [0.2, 0.25) is 0 Å². The number of carbonyl (C=O) groups is 1. The minimum Gasteiger partial charge on any atom is -0.454 e. The Labute approximate surface area is 328 Å². The Hall–Kier alpha value is -3.34. The average molecular weight is 856 g/mol. The number of phosphoric acid groups is 1. The Morgan fingerprint density at radius 3 is 2.61 bits per heavy atom. The SMILES string of the molecule is CCO[P@]1(=O)OC[C@]23C[C@@H]2[C@@H](n2cnc4c(N)ncnc42)[C@H](O)[C@@H]3O[P@@](=O)(SCOC(=O)C(C)(C)C)OC[C@H]2O[C@@H](n3cnc4c(=O)[nH]c(C)nc43)[C@H](O1)[C@@H]2OC. The molecule has 4 aliphatic rings. The van der Waals surface area contributed by atoms with Crippen molar-refractivity contribution in [3.63, 3.8) is 0 Å². The van der Waals surface area contributed by atoms with Crippen molar-refractivity contribution in [3.8, 4) is 0 Å². The molecule has 0 radical (unpaired) electrons. The van der Waals surface area contributed by atoms with Crippen molar-refractivity contribution in [2.75, 3.05) is 38.6 Å². The number of nitrogen functional groups attached to an aromatic ring is 1. The number of nitrogens with two attached hydrogens (primary N) is 1. The lowest BCUT2D eigenvalue weighted by molar-refractivity contribution is -0.150. The van der Waals surface area contributed by atoms with E-state index in [1.54, 1.807) is 39.2 Å². The van der Waals surface area contributed by atoms with Crippen molar-refractivity contribution in [1.82, 2.24) is 39.0 Å². The monoisotopic (exact) mass is 855 g/mol. The normalized spacial score (nSPS) is 35.6. The summed E-state index contributed by atoms with van der Waals surface area (Å²) >= 11 is 0.607. The molecule has 2 bridgehead atoms. The predicted molar refractivity (Wildman–Crippen MR) is 199 cm³/mol. The van der Waals surface area contributed by atoms with Crippen LogP contribution in [-0.4, -0.2) is 114 Å². The number of ether oxygens (including phenoxy) is 3. The zero-order valence-corrected chi connectivity index (χ0v) is 34.3. The third-order valence-corrected chi connectivity index (χ3v) is 15.4. The number of nitrogens with zero attached hydrogens (tertiary/aromatic N) is 7. The van der Waals surface area contributed by atoms with Gasteiger partial charge in [0.05, 0.1) is 43.9 Å². The zero-order valence-electron chi connectivity index (χ0n) is 31.7. The number of carbonyl (C=O) groups excluding carboxylic acids is 1. The summed E-state index contributed by atoms with van der Waals surface area (Å²) in [6.07, 6.45) is -2.85. The van der Waals surface area contributed by atoms with Crippen LogP contribution in [0.25, 0.3) is 22.3 Å². The molecule has 22 nitrogen and oxygen atoms in total. The molecule has 6 heterocycles. The van der Waals surface area contributed by atoms with Gasteiger partial charge in [-0.1, -0.05) is 0 Å². The summed E-state index contributed by atoms with van der Waals surface area (Å²) in [6, 6.07) is -0.759. The molecule has 8 rings (SSSR count). The van der Waals surface area contributed by atoms with Gasteiger partial charge in [-0.15, -0.1) is 0 Å². The quantitative estimate of drug-likeness (QED) is 0.130. The van der Waals surface area contributed by atoms with Crippen molar-refractivity contribution in [2.45, 2.75) is 83.8 Å². The number of esters is 1. The molecule has 2 saturated carbocycles. The molecule has 4 N–H and O–H groups in total. The lowest BCUT2D eigenvalue weighted by Gasteiger charge is -2.32. The molecule has 0 unspecified atom stereocenters. The number of nitrogens with one attached hydrogen (secondary N) is 1. The van der Waals surface area contributed by atoms with E-state index in [0.717, 1.165) is 0 Å². The zero-order chi connectivity index (χ0) is 40.7. The summed E-state index contributed by atoms with van der Waals surface area (Å²) in [5.41, 5.74) is 4.40. The van der Waals surface area contributed by atoms with Crippen molar-refractivity contribution in [2.24, 2.45) is 16.7 Å². The second-order valence-electron chi connectivity index (χ2n) is 15.3. The van der Waals surface area contributed by atoms with E-state index < -0.39 is 98.2 Å². The van der Waals surface area contributed by atoms with Gasteiger partial charge >= 0.3 is 20.6 Å². The number of hydrogen-bond acceptors (Lipinski definition) is 20. The Balaban J connectivity index is 1.19. The van der Waals surface area contributed by atoms with Crippen LogP contribution in [0.1, 0.15) is 52.2 Å². The molecule has 11 atom stereocenters. The number of rotatable bonds is 8. The van der Waals surface area contributed by atoms with Gasteiger partial charge < -0.3 is 34.6 Å². The van der Waals surface area contributed by atoms with Crippen LogP contribution in [0.4, 0.5) is 5.82 Å². The molecular formula is C32H43N9O13P2S. The molecule has 2 aliphatic carbocycles. The van der Waals surface area contributed by atoms with Crippen LogP contribution >= 0.6 is 26.0 Å². The highest BCUT2D eigenvalue weighted by atomic mass is 32.7. The van der Waals surface area contributed by atoms with Crippen LogP contribution in [0.5, 0.6) is 0 Å². The molecule has 2 saturated heterocycles. The Morgan fingerprint density at radius 1 is 1.12 bits per heavy atom. The number of phosphoric ester groups is 1. The van der Waals surface area contributed by atoms with Crippen molar-refractivity contribution >= 4 is 60.1 Å². The van der Waals surface area contributed by atoms with Crippen LogP contribution in [0.2, 0.25) is 0 Å². The van der Waals surface area contributed by atoms with Crippen LogP contribution in [0.3, 0.4) is 0 Å². The molecule has 0 amide bonds. The summed E-state index contributed by atoms with van der Waals surface area (Å²) in [4.78, 5) is 49.5. The summed E-state index contributed by atoms with van der Waals surface area (Å²) in [6.45, 7) is 2.90.